The number of methoxy groups -OCH3 is 1. The Morgan fingerprint density at radius 3 is 2.68 bits per heavy atom. The maximum atomic E-state index is 13.3. The molecule has 2 aliphatic heterocycles. The van der Waals surface area contributed by atoms with Crippen LogP contribution in [0.3, 0.4) is 0 Å². The van der Waals surface area contributed by atoms with E-state index in [9.17, 15) is 24.5 Å². The van der Waals surface area contributed by atoms with Gasteiger partial charge in [0.15, 0.2) is 0 Å². The predicted octanol–water partition coefficient (Wildman–Crippen LogP) is 5.09. The van der Waals surface area contributed by atoms with Crippen LogP contribution < -0.4 is 0 Å². The van der Waals surface area contributed by atoms with Gasteiger partial charge in [-0.15, -0.1) is 0 Å². The molecule has 0 aromatic heterocycles. The van der Waals surface area contributed by atoms with Gasteiger partial charge in [0.05, 0.1) is 25.0 Å². The van der Waals surface area contributed by atoms with Crippen molar-refractivity contribution in [2.24, 2.45) is 17.8 Å². The molecule has 1 aliphatic carbocycles. The molecule has 3 amide bonds. The van der Waals surface area contributed by atoms with Gasteiger partial charge >= 0.3 is 13.2 Å². The highest BCUT2D eigenvalue weighted by molar-refractivity contribution is 9.10. The molecular weight excluding hydrogens is 541 g/mol. The fraction of sp³-hybridized carbons (Fsp3) is 0.519. The first-order chi connectivity index (χ1) is 17.7. The van der Waals surface area contributed by atoms with Crippen LogP contribution >= 0.6 is 15.9 Å². The Labute approximate surface area is 226 Å². The number of imide groups is 3. The van der Waals surface area contributed by atoms with Gasteiger partial charge in [-0.05, 0) is 68.1 Å². The number of carbonyl (C=O) groups excluding carboxylic acids is 3. The zero-order valence-electron chi connectivity index (χ0n) is 21.4. The summed E-state index contributed by atoms with van der Waals surface area (Å²) in [5.74, 6) is -2.58. The summed E-state index contributed by atoms with van der Waals surface area (Å²) in [7, 11) is 0.0774. The number of phenols is 1. The van der Waals surface area contributed by atoms with Gasteiger partial charge in [-0.1, -0.05) is 53.4 Å². The van der Waals surface area contributed by atoms with Crippen LogP contribution in [0.4, 0.5) is 4.79 Å². The number of hydrogen-bond donors (Lipinski definition) is 2. The number of phenolic OH excluding ortho intramolecular Hbond substituents is 1. The van der Waals surface area contributed by atoms with E-state index in [-0.39, 0.29) is 18.0 Å². The average Bonchev–Trinajstić information content (AvgIpc) is 3.13. The molecule has 0 radical (unpaired) electrons. The van der Waals surface area contributed by atoms with Gasteiger partial charge in [-0.25, -0.2) is 4.79 Å². The SMILES string of the molecule is CCC/C(=C\c1cc(Br)ccc1O)CC[C@H]1OB(O)C[C@H]2C1=C(CC)C[C@H]1C(=O)N(C(=O)OC)C(=O)[C@H]12. The number of fused-ring (bicyclic) bond motifs is 3. The van der Waals surface area contributed by atoms with E-state index >= 15 is 0 Å². The Morgan fingerprint density at radius 2 is 2.00 bits per heavy atom. The van der Waals surface area contributed by atoms with E-state index in [0.717, 1.165) is 46.7 Å². The predicted molar refractivity (Wildman–Crippen MR) is 142 cm³/mol. The molecule has 0 unspecified atom stereocenters. The minimum absolute atomic E-state index is 0.202. The minimum atomic E-state index is -1.07. The second kappa shape index (κ2) is 11.5. The average molecular weight is 574 g/mol. The Bertz CT molecular complexity index is 1150. The lowest BCUT2D eigenvalue weighted by Gasteiger charge is -2.43. The lowest BCUT2D eigenvalue weighted by molar-refractivity contribution is -0.137. The molecule has 2 heterocycles. The molecule has 0 saturated carbocycles. The van der Waals surface area contributed by atoms with Crippen LogP contribution in [0.15, 0.2) is 39.4 Å². The first-order valence-corrected chi connectivity index (χ1v) is 13.7. The largest absolute Gasteiger partial charge is 0.507 e. The van der Waals surface area contributed by atoms with Crippen molar-refractivity contribution in [2.75, 3.05) is 7.11 Å². The van der Waals surface area contributed by atoms with Crippen LogP contribution in [-0.4, -0.2) is 53.3 Å². The van der Waals surface area contributed by atoms with Crippen LogP contribution in [-0.2, 0) is 19.0 Å². The number of allylic oxidation sites excluding steroid dienone is 2. The van der Waals surface area contributed by atoms with Crippen LogP contribution in [0.1, 0.15) is 57.9 Å². The summed E-state index contributed by atoms with van der Waals surface area (Å²) in [6.45, 7) is 4.11. The Hall–Kier alpha value is -2.43. The van der Waals surface area contributed by atoms with Crippen LogP contribution in [0.2, 0.25) is 6.32 Å². The van der Waals surface area contributed by atoms with Gasteiger partial charge in [-0.2, -0.15) is 4.90 Å². The maximum Gasteiger partial charge on any atom is 0.455 e. The topological polar surface area (TPSA) is 113 Å². The molecule has 4 rings (SSSR count). The van der Waals surface area contributed by atoms with Gasteiger partial charge < -0.3 is 19.5 Å². The van der Waals surface area contributed by atoms with Crippen molar-refractivity contribution in [2.45, 2.75) is 64.8 Å². The summed E-state index contributed by atoms with van der Waals surface area (Å²) in [4.78, 5) is 39.1. The molecule has 0 bridgehead atoms. The van der Waals surface area contributed by atoms with Crippen molar-refractivity contribution in [3.8, 4) is 5.75 Å². The van der Waals surface area contributed by atoms with Crippen molar-refractivity contribution in [3.05, 3.63) is 45.0 Å². The fourth-order valence-corrected chi connectivity index (χ4v) is 6.52. The van der Waals surface area contributed by atoms with Crippen molar-refractivity contribution in [3.63, 3.8) is 0 Å². The van der Waals surface area contributed by atoms with E-state index in [1.54, 1.807) is 12.1 Å². The molecule has 3 aliphatic rings. The third-order valence-corrected chi connectivity index (χ3v) is 8.23. The summed E-state index contributed by atoms with van der Waals surface area (Å²) in [5, 5.41) is 21.0. The molecule has 2 N–H and O–H groups in total. The third kappa shape index (κ3) is 5.42. The first kappa shape index (κ1) is 27.6. The molecule has 8 nitrogen and oxygen atoms in total. The van der Waals surface area contributed by atoms with Crippen molar-refractivity contribution in [1.29, 1.82) is 0 Å². The number of aromatic hydroxyl groups is 1. The quantitative estimate of drug-likeness (QED) is 0.265. The smallest absolute Gasteiger partial charge is 0.455 e. The maximum absolute atomic E-state index is 13.3. The first-order valence-electron chi connectivity index (χ1n) is 12.9. The number of nitrogens with zero attached hydrogens (tertiary/aromatic N) is 1. The fourth-order valence-electron chi connectivity index (χ4n) is 6.14. The molecule has 10 heteroatoms. The van der Waals surface area contributed by atoms with Gasteiger partial charge in [0, 0.05) is 10.0 Å². The normalized spacial score (nSPS) is 25.9. The lowest BCUT2D eigenvalue weighted by Crippen LogP contribution is -2.46. The molecule has 198 valence electrons. The number of carbonyl (C=O) groups is 3. The zero-order chi connectivity index (χ0) is 26.9. The molecule has 2 fully saturated rings. The Morgan fingerprint density at radius 1 is 1.24 bits per heavy atom. The molecule has 37 heavy (non-hydrogen) atoms. The summed E-state index contributed by atoms with van der Waals surface area (Å²) >= 11 is 3.46. The van der Waals surface area contributed by atoms with Crippen molar-refractivity contribution >= 4 is 47.0 Å². The standard InChI is InChI=1S/C27H33BBrNO7/c1-4-6-15(11-17-12-18(29)8-9-21(17)31)7-10-22-23-16(5-2)13-19-24(20(23)14-28(35)37-22)26(33)30(25(19)32)27(34)36-3/h8-9,11-12,19-20,22,24,31,35H,4-7,10,13-14H2,1-3H3/b15-11+/t19-,20+,22-,24-/m1/s1. The molecule has 2 saturated heterocycles. The van der Waals surface area contributed by atoms with Crippen LogP contribution in [0.25, 0.3) is 6.08 Å². The highest BCUT2D eigenvalue weighted by Gasteiger charge is 2.58. The van der Waals surface area contributed by atoms with Gasteiger partial charge in [0.25, 0.3) is 0 Å². The van der Waals surface area contributed by atoms with Gasteiger partial charge in [-0.3, -0.25) is 9.59 Å². The van der Waals surface area contributed by atoms with Gasteiger partial charge in [0.1, 0.15) is 5.75 Å². The summed E-state index contributed by atoms with van der Waals surface area (Å²) in [5.41, 5.74) is 3.92. The molecular formula is C27H33BBrNO7. The zero-order valence-corrected chi connectivity index (χ0v) is 23.0. The van der Waals surface area contributed by atoms with E-state index in [1.807, 2.05) is 19.1 Å². The lowest BCUT2D eigenvalue weighted by atomic mass is 9.58. The van der Waals surface area contributed by atoms with E-state index in [4.69, 9.17) is 9.39 Å². The van der Waals surface area contributed by atoms with Crippen LogP contribution in [0, 0.1) is 17.8 Å². The highest BCUT2D eigenvalue weighted by atomic mass is 79.9. The van der Waals surface area contributed by atoms with E-state index < -0.39 is 43.0 Å². The monoisotopic (exact) mass is 573 g/mol. The number of amides is 3. The molecule has 0 spiro atoms. The van der Waals surface area contributed by atoms with Crippen molar-refractivity contribution in [1.82, 2.24) is 4.90 Å². The number of ether oxygens (including phenoxy) is 1. The summed E-state index contributed by atoms with van der Waals surface area (Å²) in [6, 6.07) is 5.31. The highest BCUT2D eigenvalue weighted by Crippen LogP contribution is 2.51. The Balaban J connectivity index is 1.62. The summed E-state index contributed by atoms with van der Waals surface area (Å²) in [6.07, 6.45) is 4.97. The minimum Gasteiger partial charge on any atom is -0.507 e. The number of hydrogen-bond acceptors (Lipinski definition) is 7. The van der Waals surface area contributed by atoms with E-state index in [0.29, 0.717) is 30.6 Å². The van der Waals surface area contributed by atoms with Crippen LogP contribution in [0.5, 0.6) is 5.75 Å². The molecule has 4 atom stereocenters. The summed E-state index contributed by atoms with van der Waals surface area (Å²) < 4.78 is 11.6. The number of benzene rings is 1. The number of likely N-dealkylation sites (tertiary alicyclic amines) is 1. The van der Waals surface area contributed by atoms with Gasteiger partial charge in [0.2, 0.25) is 11.8 Å². The van der Waals surface area contributed by atoms with Crippen molar-refractivity contribution < 1.29 is 33.9 Å². The second-order valence-electron chi connectivity index (χ2n) is 9.95. The Kier molecular flexibility index (Phi) is 8.61. The molecule has 1 aromatic carbocycles. The number of halogens is 1. The second-order valence-corrected chi connectivity index (χ2v) is 10.9. The third-order valence-electron chi connectivity index (χ3n) is 7.74. The molecule has 1 aromatic rings. The van der Waals surface area contributed by atoms with E-state index in [2.05, 4.69) is 22.9 Å². The number of rotatable bonds is 7. The van der Waals surface area contributed by atoms with E-state index in [1.165, 1.54) is 0 Å².